The van der Waals surface area contributed by atoms with E-state index < -0.39 is 18.2 Å². The molecular weight excluding hydrogens is 539 g/mol. The van der Waals surface area contributed by atoms with E-state index in [1.54, 1.807) is 51.3 Å². The molecule has 0 saturated heterocycles. The van der Waals surface area contributed by atoms with Gasteiger partial charge in [-0.05, 0) is 43.7 Å². The van der Waals surface area contributed by atoms with Crippen molar-refractivity contribution in [3.05, 3.63) is 88.2 Å². The highest BCUT2D eigenvalue weighted by Gasteiger charge is 2.40. The number of hydrogen-bond donors (Lipinski definition) is 1. The molecule has 4 rings (SSSR count). The van der Waals surface area contributed by atoms with Crippen LogP contribution in [0.15, 0.2) is 76.1 Å². The molecule has 0 amide bonds. The number of carbonyl (C=O) groups excluding carboxylic acids is 1. The van der Waals surface area contributed by atoms with Crippen molar-refractivity contribution in [3.63, 3.8) is 0 Å². The van der Waals surface area contributed by atoms with Gasteiger partial charge in [-0.2, -0.15) is 0 Å². The highest BCUT2D eigenvalue weighted by molar-refractivity contribution is 7.84. The van der Waals surface area contributed by atoms with Gasteiger partial charge in [-0.25, -0.2) is 9.79 Å². The van der Waals surface area contributed by atoms with Crippen LogP contribution in [0.3, 0.4) is 0 Å². The highest BCUT2D eigenvalue weighted by Crippen LogP contribution is 2.52. The van der Waals surface area contributed by atoms with Crippen molar-refractivity contribution < 1.29 is 23.4 Å². The average molecular weight is 567 g/mol. The molecule has 2 aromatic heterocycles. The number of aliphatic imine (C=N–C) groups is 1. The number of nitrogens with zero attached hydrogens (tertiary/aromatic N) is 3. The van der Waals surface area contributed by atoms with Crippen LogP contribution in [0.4, 0.5) is 16.4 Å². The molecule has 1 unspecified atom stereocenters. The third-order valence-electron chi connectivity index (χ3n) is 5.51. The van der Waals surface area contributed by atoms with E-state index in [-0.39, 0.29) is 23.4 Å². The monoisotopic (exact) mass is 566 g/mol. The Kier molecular flexibility index (Phi) is 8.32. The summed E-state index contributed by atoms with van der Waals surface area (Å²) in [6.07, 6.45) is 1.55. The van der Waals surface area contributed by atoms with E-state index in [0.717, 1.165) is 11.3 Å². The fourth-order valence-electron chi connectivity index (χ4n) is 3.79. The van der Waals surface area contributed by atoms with Gasteiger partial charge in [0, 0.05) is 37.5 Å². The number of benzene rings is 2. The Hall–Kier alpha value is -4.21. The molecule has 12 heteroatoms. The van der Waals surface area contributed by atoms with E-state index in [9.17, 15) is 14.9 Å². The van der Waals surface area contributed by atoms with Crippen LogP contribution in [0.1, 0.15) is 23.0 Å². The van der Waals surface area contributed by atoms with Gasteiger partial charge in [-0.1, -0.05) is 30.3 Å². The molecule has 1 atom stereocenters. The summed E-state index contributed by atoms with van der Waals surface area (Å²) in [6.45, 7) is 3.59. The molecule has 202 valence electrons. The number of aryl methyl sites for hydroxylation is 1. The maximum atomic E-state index is 15.2. The largest absolute Gasteiger partial charge is 0.462 e. The molecule has 2 heterocycles. The first-order valence-corrected chi connectivity index (χ1v) is 14.5. The Morgan fingerprint density at radius 2 is 1.85 bits per heavy atom. The van der Waals surface area contributed by atoms with Crippen LogP contribution in [-0.4, -0.2) is 42.8 Å². The molecule has 2 aromatic carbocycles. The molecule has 0 aliphatic rings. The van der Waals surface area contributed by atoms with Gasteiger partial charge in [0.25, 0.3) is 13.0 Å². The molecule has 1 N–H and O–H groups in total. The fourth-order valence-corrected chi connectivity index (χ4v) is 7.90. The number of carbonyl (C=O) groups is 1. The first-order valence-electron chi connectivity index (χ1n) is 11.9. The van der Waals surface area contributed by atoms with Crippen molar-refractivity contribution in [3.8, 4) is 11.1 Å². The van der Waals surface area contributed by atoms with Crippen molar-refractivity contribution in [2.24, 2.45) is 4.99 Å². The molecule has 0 aliphatic carbocycles. The van der Waals surface area contributed by atoms with Crippen molar-refractivity contribution in [1.29, 1.82) is 0 Å². The SMILES string of the molecule is CCOC(=O)c1c(N=CN(C)C)sc(P(=O)(Nc2ccc([N+](=O)[O-])cc2)c2ccc(C)o2)c1-c1ccccc1. The molecule has 0 aliphatic heterocycles. The Balaban J connectivity index is 2.03. The normalized spacial score (nSPS) is 12.7. The first kappa shape index (κ1) is 27.8. The van der Waals surface area contributed by atoms with E-state index in [1.165, 1.54) is 24.3 Å². The number of anilines is 1. The lowest BCUT2D eigenvalue weighted by molar-refractivity contribution is -0.384. The van der Waals surface area contributed by atoms with Gasteiger partial charge in [0.1, 0.15) is 20.9 Å². The van der Waals surface area contributed by atoms with Crippen LogP contribution >= 0.6 is 18.6 Å². The van der Waals surface area contributed by atoms with Crippen LogP contribution in [-0.2, 0) is 9.30 Å². The molecule has 4 aromatic rings. The lowest BCUT2D eigenvalue weighted by Gasteiger charge is -2.20. The number of furan rings is 1. The minimum absolute atomic E-state index is 0.102. The third kappa shape index (κ3) is 5.94. The lowest BCUT2D eigenvalue weighted by Crippen LogP contribution is -2.21. The van der Waals surface area contributed by atoms with Gasteiger partial charge in [0.2, 0.25) is 0 Å². The summed E-state index contributed by atoms with van der Waals surface area (Å²) in [5.74, 6) is -0.0488. The number of ether oxygens (including phenoxy) is 1. The van der Waals surface area contributed by atoms with Crippen molar-refractivity contribution in [2.45, 2.75) is 13.8 Å². The summed E-state index contributed by atoms with van der Waals surface area (Å²) in [5, 5.41) is 14.6. The molecule has 0 bridgehead atoms. The second kappa shape index (κ2) is 11.7. The molecule has 0 radical (unpaired) electrons. The van der Waals surface area contributed by atoms with Gasteiger partial charge in [-0.3, -0.25) is 14.7 Å². The number of nitro benzene ring substituents is 1. The Labute approximate surface area is 229 Å². The average Bonchev–Trinajstić information content (AvgIpc) is 3.53. The fraction of sp³-hybridized carbons (Fsp3) is 0.185. The quantitative estimate of drug-likeness (QED) is 0.0622. The number of esters is 1. The van der Waals surface area contributed by atoms with Gasteiger partial charge >= 0.3 is 5.97 Å². The van der Waals surface area contributed by atoms with E-state index in [0.29, 0.717) is 32.2 Å². The predicted octanol–water partition coefficient (Wildman–Crippen LogP) is 5.96. The maximum Gasteiger partial charge on any atom is 0.341 e. The number of hydrogen-bond acceptors (Lipinski definition) is 8. The summed E-state index contributed by atoms with van der Waals surface area (Å²) in [6, 6.07) is 18.0. The van der Waals surface area contributed by atoms with Gasteiger partial charge in [0.15, 0.2) is 5.50 Å². The zero-order valence-electron chi connectivity index (χ0n) is 21.8. The maximum absolute atomic E-state index is 15.2. The Bertz CT molecular complexity index is 1560. The summed E-state index contributed by atoms with van der Waals surface area (Å²) in [7, 11) is -0.246. The van der Waals surface area contributed by atoms with Gasteiger partial charge in [0.05, 0.1) is 17.9 Å². The zero-order chi connectivity index (χ0) is 28.2. The topological polar surface area (TPSA) is 127 Å². The molecule has 0 spiro atoms. The zero-order valence-corrected chi connectivity index (χ0v) is 23.5. The van der Waals surface area contributed by atoms with Gasteiger partial charge in [-0.15, -0.1) is 11.3 Å². The van der Waals surface area contributed by atoms with Crippen LogP contribution in [0.5, 0.6) is 0 Å². The molecule has 0 fully saturated rings. The van der Waals surface area contributed by atoms with Crippen LogP contribution in [0.25, 0.3) is 11.1 Å². The summed E-state index contributed by atoms with van der Waals surface area (Å²) in [5.41, 5.74) is 1.69. The van der Waals surface area contributed by atoms with Crippen LogP contribution in [0.2, 0.25) is 0 Å². The molecule has 10 nitrogen and oxygen atoms in total. The van der Waals surface area contributed by atoms with Crippen molar-refractivity contribution in [2.75, 3.05) is 25.8 Å². The minimum atomic E-state index is -3.84. The number of nitrogens with one attached hydrogen (secondary N) is 1. The summed E-state index contributed by atoms with van der Waals surface area (Å²) >= 11 is 1.10. The molecular formula is C27H27N4O6PS. The van der Waals surface area contributed by atoms with E-state index in [2.05, 4.69) is 10.1 Å². The van der Waals surface area contributed by atoms with E-state index in [1.807, 2.05) is 30.3 Å². The second-order valence-electron chi connectivity index (χ2n) is 8.67. The summed E-state index contributed by atoms with van der Waals surface area (Å²) < 4.78 is 26.8. The first-order chi connectivity index (χ1) is 18.6. The van der Waals surface area contributed by atoms with Crippen LogP contribution < -0.4 is 15.2 Å². The number of rotatable bonds is 10. The smallest absolute Gasteiger partial charge is 0.341 e. The van der Waals surface area contributed by atoms with E-state index >= 15 is 4.57 Å². The minimum Gasteiger partial charge on any atom is -0.462 e. The van der Waals surface area contributed by atoms with E-state index in [4.69, 9.17) is 9.15 Å². The number of nitro groups is 1. The summed E-state index contributed by atoms with van der Waals surface area (Å²) in [4.78, 5) is 30.3. The highest BCUT2D eigenvalue weighted by atomic mass is 32.1. The lowest BCUT2D eigenvalue weighted by atomic mass is 10.0. The Morgan fingerprint density at radius 1 is 1.15 bits per heavy atom. The standard InChI is InChI=1S/C27H27N4O6PS/c1-5-36-26(32)24-23(19-9-7-6-8-10-19)27(39-25(24)28-17-30(3)4)38(35,22-16-11-18(2)37-22)29-20-12-14-21(15-13-20)31(33)34/h6-17H,5H2,1-4H3,(H,29,35). The van der Waals surface area contributed by atoms with Crippen LogP contribution in [0, 0.1) is 17.0 Å². The predicted molar refractivity (Wildman–Crippen MR) is 155 cm³/mol. The number of non-ortho nitro benzene ring substituents is 1. The second-order valence-corrected chi connectivity index (χ2v) is 12.3. The Morgan fingerprint density at radius 3 is 2.41 bits per heavy atom. The number of thiophene rings is 1. The van der Waals surface area contributed by atoms with Crippen molar-refractivity contribution in [1.82, 2.24) is 4.90 Å². The van der Waals surface area contributed by atoms with Gasteiger partial charge < -0.3 is 19.1 Å². The van der Waals surface area contributed by atoms with Crippen molar-refractivity contribution >= 4 is 57.4 Å². The third-order valence-corrected chi connectivity index (χ3v) is 9.68. The molecule has 39 heavy (non-hydrogen) atoms. The molecule has 0 saturated carbocycles.